The third-order valence-corrected chi connectivity index (χ3v) is 6.45. The Hall–Kier alpha value is -3.15. The molecule has 2 aromatic rings. The van der Waals surface area contributed by atoms with Crippen LogP contribution in [-0.4, -0.2) is 58.8 Å². The van der Waals surface area contributed by atoms with Crippen LogP contribution in [0.15, 0.2) is 18.3 Å². The van der Waals surface area contributed by atoms with Crippen molar-refractivity contribution in [2.75, 3.05) is 35.8 Å². The molecular weight excluding hydrogens is 441 g/mol. The number of halogens is 3. The zero-order chi connectivity index (χ0) is 23.4. The maximum absolute atomic E-state index is 12.7. The summed E-state index contributed by atoms with van der Waals surface area (Å²) in [6.45, 7) is 2.63. The number of aromatic nitrogens is 3. The van der Waals surface area contributed by atoms with Crippen molar-refractivity contribution >= 4 is 23.4 Å². The van der Waals surface area contributed by atoms with Crippen LogP contribution in [0.3, 0.4) is 0 Å². The second kappa shape index (κ2) is 7.72. The zero-order valence-electron chi connectivity index (χ0n) is 18.1. The van der Waals surface area contributed by atoms with Crippen LogP contribution in [0.2, 0.25) is 0 Å². The van der Waals surface area contributed by atoms with E-state index in [1.165, 1.54) is 6.07 Å². The van der Waals surface area contributed by atoms with Crippen LogP contribution in [0.25, 0.3) is 0 Å². The summed E-state index contributed by atoms with van der Waals surface area (Å²) in [6.07, 6.45) is -1.65. The average Bonchev–Trinajstić information content (AvgIpc) is 3.23. The minimum absolute atomic E-state index is 0.0575. The van der Waals surface area contributed by atoms with Gasteiger partial charge in [0.1, 0.15) is 28.8 Å². The molecule has 12 heteroatoms. The van der Waals surface area contributed by atoms with E-state index in [1.54, 1.807) is 0 Å². The standard InChI is InChI=1S/C21H23F3N6O3/c1-11-16-17(30(2)20(18(31)28-16)5-6-32-10-20)29-19(26-11)27-12-7-14(8-12)33-13-3-4-15(25-9-13)21(22,23)24/h3-4,9,12,14H,5-8,10H2,1-2H3,(H,28,31)(H,26,27,29)/t12?,14?,20-/m0/s1. The molecule has 176 valence electrons. The lowest BCUT2D eigenvalue weighted by Crippen LogP contribution is -2.59. The van der Waals surface area contributed by atoms with Gasteiger partial charge in [0, 0.05) is 39.0 Å². The summed E-state index contributed by atoms with van der Waals surface area (Å²) in [4.78, 5) is 27.2. The molecule has 33 heavy (non-hydrogen) atoms. The van der Waals surface area contributed by atoms with E-state index >= 15 is 0 Å². The summed E-state index contributed by atoms with van der Waals surface area (Å²) in [5, 5.41) is 6.23. The molecule has 1 saturated heterocycles. The number of amides is 1. The van der Waals surface area contributed by atoms with Gasteiger partial charge in [0.25, 0.3) is 5.91 Å². The minimum Gasteiger partial charge on any atom is -0.489 e. The molecule has 1 atom stereocenters. The van der Waals surface area contributed by atoms with E-state index in [-0.39, 0.29) is 18.1 Å². The highest BCUT2D eigenvalue weighted by Gasteiger charge is 2.50. The molecule has 0 unspecified atom stereocenters. The quantitative estimate of drug-likeness (QED) is 0.713. The molecule has 1 saturated carbocycles. The summed E-state index contributed by atoms with van der Waals surface area (Å²) >= 11 is 0. The number of hydrogen-bond acceptors (Lipinski definition) is 8. The van der Waals surface area contributed by atoms with Crippen molar-refractivity contribution in [3.8, 4) is 5.75 Å². The van der Waals surface area contributed by atoms with Crippen LogP contribution < -0.4 is 20.3 Å². The topological polar surface area (TPSA) is 102 Å². The first kappa shape index (κ1) is 21.7. The number of anilines is 3. The zero-order valence-corrected chi connectivity index (χ0v) is 18.1. The molecular formula is C21H23F3N6O3. The van der Waals surface area contributed by atoms with Gasteiger partial charge in [0.2, 0.25) is 5.95 Å². The Bertz CT molecular complexity index is 1070. The maximum atomic E-state index is 12.7. The highest BCUT2D eigenvalue weighted by atomic mass is 19.4. The molecule has 5 rings (SSSR count). The second-order valence-electron chi connectivity index (χ2n) is 8.61. The Morgan fingerprint density at radius 3 is 2.73 bits per heavy atom. The number of likely N-dealkylation sites (N-methyl/N-ethyl adjacent to an activating group) is 1. The van der Waals surface area contributed by atoms with Crippen molar-refractivity contribution in [3.63, 3.8) is 0 Å². The molecule has 1 amide bonds. The molecule has 4 heterocycles. The predicted molar refractivity (Wildman–Crippen MR) is 112 cm³/mol. The van der Waals surface area contributed by atoms with Crippen molar-refractivity contribution < 1.29 is 27.4 Å². The van der Waals surface area contributed by atoms with Crippen molar-refractivity contribution in [3.05, 3.63) is 29.7 Å². The van der Waals surface area contributed by atoms with Gasteiger partial charge >= 0.3 is 6.18 Å². The van der Waals surface area contributed by atoms with Gasteiger partial charge in [0.05, 0.1) is 18.5 Å². The molecule has 2 N–H and O–H groups in total. The Kier molecular flexibility index (Phi) is 5.07. The number of ether oxygens (including phenoxy) is 2. The fourth-order valence-electron chi connectivity index (χ4n) is 4.37. The molecule has 9 nitrogen and oxygen atoms in total. The van der Waals surface area contributed by atoms with Gasteiger partial charge in [-0.3, -0.25) is 4.79 Å². The van der Waals surface area contributed by atoms with Crippen molar-refractivity contribution in [1.82, 2.24) is 15.0 Å². The third kappa shape index (κ3) is 3.81. The van der Waals surface area contributed by atoms with E-state index in [0.29, 0.717) is 61.4 Å². The monoisotopic (exact) mass is 464 g/mol. The van der Waals surface area contributed by atoms with Gasteiger partial charge in [-0.15, -0.1) is 0 Å². The van der Waals surface area contributed by atoms with Gasteiger partial charge in [-0.25, -0.2) is 9.97 Å². The Balaban J connectivity index is 1.23. The summed E-state index contributed by atoms with van der Waals surface area (Å²) in [6, 6.07) is 2.24. The van der Waals surface area contributed by atoms with Crippen molar-refractivity contribution in [2.45, 2.75) is 50.0 Å². The largest absolute Gasteiger partial charge is 0.489 e. The molecule has 0 aromatic carbocycles. The first-order valence-corrected chi connectivity index (χ1v) is 10.6. The van der Waals surface area contributed by atoms with Gasteiger partial charge in [-0.1, -0.05) is 0 Å². The van der Waals surface area contributed by atoms with Crippen LogP contribution in [0.4, 0.5) is 30.6 Å². The van der Waals surface area contributed by atoms with E-state index in [2.05, 4.69) is 25.6 Å². The highest BCUT2D eigenvalue weighted by molar-refractivity contribution is 6.06. The smallest absolute Gasteiger partial charge is 0.433 e. The van der Waals surface area contributed by atoms with Crippen molar-refractivity contribution in [1.29, 1.82) is 0 Å². The highest BCUT2D eigenvalue weighted by Crippen LogP contribution is 2.40. The van der Waals surface area contributed by atoms with Gasteiger partial charge in [-0.2, -0.15) is 18.2 Å². The van der Waals surface area contributed by atoms with Crippen LogP contribution in [0.1, 0.15) is 30.7 Å². The van der Waals surface area contributed by atoms with E-state index < -0.39 is 17.4 Å². The Morgan fingerprint density at radius 1 is 1.30 bits per heavy atom. The predicted octanol–water partition coefficient (Wildman–Crippen LogP) is 2.77. The first-order valence-electron chi connectivity index (χ1n) is 10.6. The van der Waals surface area contributed by atoms with E-state index in [4.69, 9.17) is 9.47 Å². The second-order valence-corrected chi connectivity index (χ2v) is 8.61. The maximum Gasteiger partial charge on any atom is 0.433 e. The average molecular weight is 464 g/mol. The van der Waals surface area contributed by atoms with Crippen molar-refractivity contribution in [2.24, 2.45) is 0 Å². The molecule has 2 aromatic heterocycles. The Labute approximate surface area is 187 Å². The number of fused-ring (bicyclic) bond motifs is 1. The van der Waals surface area contributed by atoms with Crippen LogP contribution in [0.5, 0.6) is 5.75 Å². The number of nitrogens with one attached hydrogen (secondary N) is 2. The van der Waals surface area contributed by atoms with Crippen LogP contribution >= 0.6 is 0 Å². The lowest BCUT2D eigenvalue weighted by molar-refractivity contribution is -0.141. The summed E-state index contributed by atoms with van der Waals surface area (Å²) in [7, 11) is 1.84. The fourth-order valence-corrected chi connectivity index (χ4v) is 4.37. The number of hydrogen-bond donors (Lipinski definition) is 2. The summed E-state index contributed by atoms with van der Waals surface area (Å²) < 4.78 is 49.1. The van der Waals surface area contributed by atoms with E-state index in [0.717, 1.165) is 12.3 Å². The number of nitrogens with zero attached hydrogens (tertiary/aromatic N) is 4. The van der Waals surface area contributed by atoms with Gasteiger partial charge in [0.15, 0.2) is 5.82 Å². The number of rotatable bonds is 4. The lowest BCUT2D eigenvalue weighted by Gasteiger charge is -2.42. The van der Waals surface area contributed by atoms with Gasteiger partial charge in [-0.05, 0) is 19.1 Å². The van der Waals surface area contributed by atoms with E-state index in [9.17, 15) is 18.0 Å². The molecule has 3 aliphatic rings. The van der Waals surface area contributed by atoms with Crippen LogP contribution in [0, 0.1) is 6.92 Å². The Morgan fingerprint density at radius 2 is 2.09 bits per heavy atom. The summed E-state index contributed by atoms with van der Waals surface area (Å²) in [5.74, 6) is 1.27. The molecule has 2 aliphatic heterocycles. The van der Waals surface area contributed by atoms with E-state index in [1.807, 2.05) is 18.9 Å². The molecule has 2 fully saturated rings. The number of aryl methyl sites for hydroxylation is 1. The molecule has 0 bridgehead atoms. The number of carbonyl (C=O) groups excluding carboxylic acids is 1. The minimum atomic E-state index is -4.47. The normalized spacial score (nSPS) is 26.6. The van der Waals surface area contributed by atoms with Gasteiger partial charge < -0.3 is 25.0 Å². The molecule has 0 radical (unpaired) electrons. The first-order chi connectivity index (χ1) is 15.7. The molecule has 1 spiro atoms. The lowest BCUT2D eigenvalue weighted by atomic mass is 9.89. The third-order valence-electron chi connectivity index (χ3n) is 6.45. The van der Waals surface area contributed by atoms with Crippen LogP contribution in [-0.2, 0) is 15.7 Å². The number of alkyl halides is 3. The summed E-state index contributed by atoms with van der Waals surface area (Å²) in [5.41, 5.74) is -0.472. The molecule has 1 aliphatic carbocycles. The number of carbonyl (C=O) groups is 1. The SMILES string of the molecule is Cc1nc(NC2CC(Oc3ccc(C(F)(F)F)nc3)C2)nc2c1NC(=O)[C@@]1(CCOC1)N2C. The number of pyridine rings is 1. The fraction of sp³-hybridized carbons (Fsp3) is 0.524.